The van der Waals surface area contributed by atoms with E-state index in [0.29, 0.717) is 18.6 Å². The van der Waals surface area contributed by atoms with Gasteiger partial charge in [0.05, 0.1) is 0 Å². The average Bonchev–Trinajstić information content (AvgIpc) is 2.72. The number of likely N-dealkylation sites (tertiary alicyclic amines) is 1. The van der Waals surface area contributed by atoms with E-state index in [0.717, 1.165) is 50.9 Å². The van der Waals surface area contributed by atoms with Crippen LogP contribution in [0.1, 0.15) is 50.5 Å². The van der Waals surface area contributed by atoms with Crippen molar-refractivity contribution in [1.82, 2.24) is 10.2 Å². The van der Waals surface area contributed by atoms with E-state index in [-0.39, 0.29) is 12.5 Å². The molecule has 28 heavy (non-hydrogen) atoms. The molecule has 0 bridgehead atoms. The summed E-state index contributed by atoms with van der Waals surface area (Å²) in [5, 5.41) is 13.7. The molecular weight excluding hydrogens is 356 g/mol. The van der Waals surface area contributed by atoms with Crippen LogP contribution in [-0.2, 0) is 11.2 Å². The van der Waals surface area contributed by atoms with Crippen LogP contribution in [0.2, 0.25) is 0 Å². The molecule has 5 N–H and O–H groups in total. The molecule has 1 aromatic carbocycles. The summed E-state index contributed by atoms with van der Waals surface area (Å²) in [6, 6.07) is 9.52. The highest BCUT2D eigenvalue weighted by Crippen LogP contribution is 2.20. The van der Waals surface area contributed by atoms with Gasteiger partial charge in [0.1, 0.15) is 0 Å². The number of hydrogen-bond acceptors (Lipinski definition) is 4. The van der Waals surface area contributed by atoms with Crippen molar-refractivity contribution in [1.29, 1.82) is 0 Å². The normalized spacial score (nSPS) is 18.0. The molecule has 1 aliphatic carbocycles. The van der Waals surface area contributed by atoms with Crippen LogP contribution in [0.15, 0.2) is 24.3 Å². The highest BCUT2D eigenvalue weighted by molar-refractivity contribution is 5.74. The highest BCUT2D eigenvalue weighted by atomic mass is 16.3. The number of carbonyl (C=O) groups excluding carboxylic acids is 1. The van der Waals surface area contributed by atoms with Gasteiger partial charge in [0.25, 0.3) is 6.47 Å². The molecule has 2 fully saturated rings. The number of urea groups is 1. The molecule has 0 unspecified atom stereocenters. The van der Waals surface area contributed by atoms with Crippen LogP contribution < -0.4 is 16.4 Å². The zero-order valence-corrected chi connectivity index (χ0v) is 16.6. The fourth-order valence-corrected chi connectivity index (χ4v) is 3.91. The number of carbonyl (C=O) groups is 2. The first-order valence-corrected chi connectivity index (χ1v) is 10.3. The van der Waals surface area contributed by atoms with Gasteiger partial charge < -0.3 is 26.4 Å². The lowest BCUT2D eigenvalue weighted by atomic mass is 9.95. The molecule has 0 aromatic heterocycles. The number of anilines is 1. The summed E-state index contributed by atoms with van der Waals surface area (Å²) in [4.78, 5) is 22.8. The number of nitrogens with two attached hydrogens (primary N) is 1. The van der Waals surface area contributed by atoms with Gasteiger partial charge in [-0.05, 0) is 56.3 Å². The van der Waals surface area contributed by atoms with Crippen LogP contribution in [0.25, 0.3) is 0 Å². The van der Waals surface area contributed by atoms with Crippen LogP contribution in [0.4, 0.5) is 10.5 Å². The summed E-state index contributed by atoms with van der Waals surface area (Å²) in [5.74, 6) is 0. The maximum absolute atomic E-state index is 12.4. The Kier molecular flexibility index (Phi) is 9.62. The number of carboxylic acid groups (broad SMARTS) is 1. The quantitative estimate of drug-likeness (QED) is 0.578. The van der Waals surface area contributed by atoms with E-state index in [4.69, 9.17) is 15.6 Å². The van der Waals surface area contributed by atoms with E-state index >= 15 is 0 Å². The van der Waals surface area contributed by atoms with Crippen molar-refractivity contribution < 1.29 is 14.7 Å². The smallest absolute Gasteiger partial charge is 0.317 e. The van der Waals surface area contributed by atoms with E-state index in [2.05, 4.69) is 34.9 Å². The van der Waals surface area contributed by atoms with E-state index in [1.807, 2.05) is 4.90 Å². The first-order valence-electron chi connectivity index (χ1n) is 10.3. The molecule has 7 nitrogen and oxygen atoms in total. The summed E-state index contributed by atoms with van der Waals surface area (Å²) in [5.41, 5.74) is 8.03. The summed E-state index contributed by atoms with van der Waals surface area (Å²) >= 11 is 0. The van der Waals surface area contributed by atoms with Crippen LogP contribution >= 0.6 is 0 Å². The number of hydrogen-bond donors (Lipinski definition) is 4. The van der Waals surface area contributed by atoms with Crippen molar-refractivity contribution in [3.8, 4) is 0 Å². The molecule has 3 rings (SSSR count). The van der Waals surface area contributed by atoms with Gasteiger partial charge in [-0.1, -0.05) is 31.4 Å². The van der Waals surface area contributed by atoms with Crippen molar-refractivity contribution in [3.05, 3.63) is 29.8 Å². The van der Waals surface area contributed by atoms with Crippen molar-refractivity contribution >= 4 is 18.2 Å². The second kappa shape index (κ2) is 12.2. The molecule has 0 radical (unpaired) electrons. The molecular formula is C21H34N4O3. The molecule has 0 atom stereocenters. The Bertz CT molecular complexity index is 580. The monoisotopic (exact) mass is 390 g/mol. The summed E-state index contributed by atoms with van der Waals surface area (Å²) in [6.07, 6.45) is 9.03. The lowest BCUT2D eigenvalue weighted by Crippen LogP contribution is -2.49. The third kappa shape index (κ3) is 7.38. The van der Waals surface area contributed by atoms with Crippen molar-refractivity contribution in [2.24, 2.45) is 5.73 Å². The van der Waals surface area contributed by atoms with E-state index in [1.54, 1.807) is 0 Å². The number of nitrogens with zero attached hydrogens (tertiary/aromatic N) is 1. The van der Waals surface area contributed by atoms with Crippen molar-refractivity contribution in [2.75, 3.05) is 25.0 Å². The number of rotatable bonds is 5. The first kappa shape index (κ1) is 22.0. The lowest BCUT2D eigenvalue weighted by Gasteiger charge is -2.34. The minimum absolute atomic E-state index is 0.136. The number of benzene rings is 1. The first-order chi connectivity index (χ1) is 13.7. The lowest BCUT2D eigenvalue weighted by molar-refractivity contribution is -0.122. The standard InChI is InChI=1S/C20H32N4O.CH2O2/c21-13-10-16-6-8-18(9-7-16)22-19-11-14-24(15-12-19)20(25)23-17-4-2-1-3-5-17;2-1-3/h6-9,17,19,22H,1-5,10-15,21H2,(H,23,25);1H,(H,2,3). The predicted octanol–water partition coefficient (Wildman–Crippen LogP) is 2.81. The number of piperidine rings is 1. The highest BCUT2D eigenvalue weighted by Gasteiger charge is 2.24. The predicted molar refractivity (Wildman–Crippen MR) is 112 cm³/mol. The molecule has 1 aliphatic heterocycles. The molecule has 1 saturated carbocycles. The van der Waals surface area contributed by atoms with Crippen LogP contribution in [0.3, 0.4) is 0 Å². The summed E-state index contributed by atoms with van der Waals surface area (Å²) in [6.45, 7) is 2.11. The maximum Gasteiger partial charge on any atom is 0.317 e. The van der Waals surface area contributed by atoms with Crippen LogP contribution in [-0.4, -0.2) is 54.2 Å². The number of nitrogens with one attached hydrogen (secondary N) is 2. The van der Waals surface area contributed by atoms with Gasteiger partial charge in [0.2, 0.25) is 0 Å². The fourth-order valence-electron chi connectivity index (χ4n) is 3.91. The molecule has 7 heteroatoms. The Labute approximate surface area is 167 Å². The molecule has 1 aromatic rings. The summed E-state index contributed by atoms with van der Waals surface area (Å²) in [7, 11) is 0. The third-order valence-electron chi connectivity index (χ3n) is 5.47. The molecule has 1 saturated heterocycles. The van der Waals surface area contributed by atoms with Gasteiger partial charge in [-0.2, -0.15) is 0 Å². The summed E-state index contributed by atoms with van der Waals surface area (Å²) < 4.78 is 0. The second-order valence-electron chi connectivity index (χ2n) is 7.53. The Hall–Kier alpha value is -2.28. The Morgan fingerprint density at radius 1 is 1.07 bits per heavy atom. The van der Waals surface area contributed by atoms with Crippen LogP contribution in [0, 0.1) is 0 Å². The van der Waals surface area contributed by atoms with Gasteiger partial charge in [0, 0.05) is 30.9 Å². The van der Waals surface area contributed by atoms with Gasteiger partial charge in [-0.25, -0.2) is 4.79 Å². The molecule has 0 spiro atoms. The van der Waals surface area contributed by atoms with E-state index in [9.17, 15) is 4.79 Å². The third-order valence-corrected chi connectivity index (χ3v) is 5.47. The van der Waals surface area contributed by atoms with Crippen molar-refractivity contribution in [3.63, 3.8) is 0 Å². The SMILES string of the molecule is NCCc1ccc(NC2CCN(C(=O)NC3CCCCC3)CC2)cc1.O=CO. The molecule has 1 heterocycles. The second-order valence-corrected chi connectivity index (χ2v) is 7.53. The topological polar surface area (TPSA) is 108 Å². The average molecular weight is 391 g/mol. The molecule has 156 valence electrons. The van der Waals surface area contributed by atoms with E-state index < -0.39 is 0 Å². The van der Waals surface area contributed by atoms with Gasteiger partial charge in [-0.3, -0.25) is 4.79 Å². The fraction of sp³-hybridized carbons (Fsp3) is 0.619. The molecule has 2 aliphatic rings. The Morgan fingerprint density at radius 2 is 1.68 bits per heavy atom. The van der Waals surface area contributed by atoms with Gasteiger partial charge in [0.15, 0.2) is 0 Å². The molecule has 2 amide bonds. The largest absolute Gasteiger partial charge is 0.483 e. The zero-order chi connectivity index (χ0) is 20.2. The van der Waals surface area contributed by atoms with Gasteiger partial charge >= 0.3 is 6.03 Å². The van der Waals surface area contributed by atoms with Gasteiger partial charge in [-0.15, -0.1) is 0 Å². The zero-order valence-electron chi connectivity index (χ0n) is 16.6. The van der Waals surface area contributed by atoms with Crippen molar-refractivity contribution in [2.45, 2.75) is 63.5 Å². The number of amides is 2. The Balaban J connectivity index is 0.000000878. The maximum atomic E-state index is 12.4. The van der Waals surface area contributed by atoms with E-state index in [1.165, 1.54) is 24.8 Å². The van der Waals surface area contributed by atoms with Crippen LogP contribution in [0.5, 0.6) is 0 Å². The minimum Gasteiger partial charge on any atom is -0.483 e. The minimum atomic E-state index is -0.250. The Morgan fingerprint density at radius 3 is 2.25 bits per heavy atom.